The summed E-state index contributed by atoms with van der Waals surface area (Å²) >= 11 is 1.72. The Morgan fingerprint density at radius 3 is 2.95 bits per heavy atom. The third-order valence-corrected chi connectivity index (χ3v) is 4.35. The molecule has 1 aliphatic heterocycles. The lowest BCUT2D eigenvalue weighted by molar-refractivity contribution is 0.429. The minimum absolute atomic E-state index is 0.583. The number of hydrogen-bond donors (Lipinski definition) is 1. The second-order valence-electron chi connectivity index (χ2n) is 4.67. The van der Waals surface area contributed by atoms with Gasteiger partial charge in [-0.2, -0.15) is 4.68 Å². The van der Waals surface area contributed by atoms with Crippen molar-refractivity contribution in [2.24, 2.45) is 0 Å². The predicted molar refractivity (Wildman–Crippen MR) is 75.5 cm³/mol. The molecule has 1 fully saturated rings. The third-order valence-electron chi connectivity index (χ3n) is 3.27. The summed E-state index contributed by atoms with van der Waals surface area (Å²) in [4.78, 5) is 0. The first kappa shape index (κ1) is 12.6. The Hall–Kier alpha value is -1.40. The van der Waals surface area contributed by atoms with E-state index in [0.29, 0.717) is 6.04 Å². The summed E-state index contributed by atoms with van der Waals surface area (Å²) in [6.07, 6.45) is 3.87. The van der Waals surface area contributed by atoms with Crippen molar-refractivity contribution < 1.29 is 0 Å². The van der Waals surface area contributed by atoms with Crippen LogP contribution in [0.1, 0.15) is 19.3 Å². The van der Waals surface area contributed by atoms with E-state index in [1.165, 1.54) is 19.3 Å². The van der Waals surface area contributed by atoms with Crippen molar-refractivity contribution in [2.45, 2.75) is 30.5 Å². The zero-order valence-electron chi connectivity index (χ0n) is 10.7. The highest BCUT2D eigenvalue weighted by Crippen LogP contribution is 2.21. The maximum atomic E-state index is 4.11. The van der Waals surface area contributed by atoms with Gasteiger partial charge in [-0.05, 0) is 41.9 Å². The largest absolute Gasteiger partial charge is 0.313 e. The summed E-state index contributed by atoms with van der Waals surface area (Å²) in [5.41, 5.74) is 1.01. The Morgan fingerprint density at radius 2 is 2.16 bits per heavy atom. The van der Waals surface area contributed by atoms with Gasteiger partial charge in [0.1, 0.15) is 0 Å². The quantitative estimate of drug-likeness (QED) is 0.864. The highest BCUT2D eigenvalue weighted by Gasteiger charge is 2.15. The second-order valence-corrected chi connectivity index (χ2v) is 5.65. The van der Waals surface area contributed by atoms with E-state index in [9.17, 15) is 0 Å². The molecule has 0 radical (unpaired) electrons. The van der Waals surface area contributed by atoms with Crippen LogP contribution in [0, 0.1) is 0 Å². The normalized spacial score (nSPS) is 19.5. The molecular formula is C13H17N5S. The molecule has 0 aliphatic carbocycles. The predicted octanol–water partition coefficient (Wildman–Crippen LogP) is 1.90. The molecule has 19 heavy (non-hydrogen) atoms. The van der Waals surface area contributed by atoms with Gasteiger partial charge in [-0.1, -0.05) is 36.4 Å². The number of aromatic nitrogens is 4. The molecule has 1 aromatic carbocycles. The highest BCUT2D eigenvalue weighted by atomic mass is 32.2. The van der Waals surface area contributed by atoms with Gasteiger partial charge in [-0.15, -0.1) is 5.10 Å². The zero-order valence-corrected chi connectivity index (χ0v) is 11.5. The Labute approximate surface area is 116 Å². The zero-order chi connectivity index (χ0) is 12.9. The number of hydrogen-bond acceptors (Lipinski definition) is 5. The van der Waals surface area contributed by atoms with E-state index in [0.717, 1.165) is 23.1 Å². The maximum Gasteiger partial charge on any atom is 0.214 e. The molecular weight excluding hydrogens is 258 g/mol. The van der Waals surface area contributed by atoms with Gasteiger partial charge < -0.3 is 5.32 Å². The van der Waals surface area contributed by atoms with Gasteiger partial charge in [0.15, 0.2) is 0 Å². The number of nitrogens with one attached hydrogen (secondary N) is 1. The Kier molecular flexibility index (Phi) is 4.10. The van der Waals surface area contributed by atoms with Crippen LogP contribution >= 0.6 is 11.8 Å². The highest BCUT2D eigenvalue weighted by molar-refractivity contribution is 7.99. The number of rotatable bonds is 4. The fourth-order valence-electron chi connectivity index (χ4n) is 2.24. The van der Waals surface area contributed by atoms with Crippen LogP contribution in [0.25, 0.3) is 5.69 Å². The molecule has 100 valence electrons. The maximum absolute atomic E-state index is 4.11. The molecule has 1 aliphatic rings. The van der Waals surface area contributed by atoms with Gasteiger partial charge in [0, 0.05) is 11.8 Å². The lowest BCUT2D eigenvalue weighted by atomic mass is 10.1. The van der Waals surface area contributed by atoms with Gasteiger partial charge in [-0.3, -0.25) is 0 Å². The van der Waals surface area contributed by atoms with Crippen molar-refractivity contribution in [3.63, 3.8) is 0 Å². The van der Waals surface area contributed by atoms with E-state index in [1.807, 2.05) is 30.3 Å². The topological polar surface area (TPSA) is 55.6 Å². The molecule has 1 aromatic heterocycles. The molecule has 1 unspecified atom stereocenters. The molecule has 5 nitrogen and oxygen atoms in total. The Bertz CT molecular complexity index is 507. The van der Waals surface area contributed by atoms with Crippen LogP contribution in [0.15, 0.2) is 35.5 Å². The SMILES string of the molecule is c1ccc(-n2nnnc2SCC2CCCCN2)cc1. The van der Waals surface area contributed by atoms with E-state index >= 15 is 0 Å². The first-order chi connectivity index (χ1) is 9.43. The number of tetrazole rings is 1. The monoisotopic (exact) mass is 275 g/mol. The first-order valence-electron chi connectivity index (χ1n) is 6.63. The lowest BCUT2D eigenvalue weighted by Gasteiger charge is -2.22. The molecule has 1 atom stereocenters. The first-order valence-corrected chi connectivity index (χ1v) is 7.62. The number of piperidine rings is 1. The number of benzene rings is 1. The smallest absolute Gasteiger partial charge is 0.214 e. The molecule has 0 saturated carbocycles. The lowest BCUT2D eigenvalue weighted by Crippen LogP contribution is -2.35. The van der Waals surface area contributed by atoms with Crippen LogP contribution in [0.4, 0.5) is 0 Å². The molecule has 0 amide bonds. The Balaban J connectivity index is 1.67. The van der Waals surface area contributed by atoms with Crippen LogP contribution in [0.3, 0.4) is 0 Å². The molecule has 1 N–H and O–H groups in total. The second kappa shape index (κ2) is 6.16. The summed E-state index contributed by atoms with van der Waals surface area (Å²) in [6.45, 7) is 1.13. The van der Waals surface area contributed by atoms with Crippen molar-refractivity contribution in [1.29, 1.82) is 0 Å². The van der Waals surface area contributed by atoms with E-state index in [1.54, 1.807) is 16.4 Å². The van der Waals surface area contributed by atoms with Gasteiger partial charge in [0.05, 0.1) is 5.69 Å². The standard InChI is InChI=1S/C13H17N5S/c1-2-7-12(8-3-1)18-13(15-16-17-18)19-10-11-6-4-5-9-14-11/h1-3,7-8,11,14H,4-6,9-10H2. The fraction of sp³-hybridized carbons (Fsp3) is 0.462. The van der Waals surface area contributed by atoms with E-state index in [-0.39, 0.29) is 0 Å². The van der Waals surface area contributed by atoms with Crippen LogP contribution in [0.5, 0.6) is 0 Å². The molecule has 3 rings (SSSR count). The van der Waals surface area contributed by atoms with Gasteiger partial charge in [0.25, 0.3) is 0 Å². The molecule has 2 aromatic rings. The molecule has 6 heteroatoms. The van der Waals surface area contributed by atoms with E-state index in [2.05, 4.69) is 20.8 Å². The Morgan fingerprint density at radius 1 is 1.26 bits per heavy atom. The average Bonchev–Trinajstić information content (AvgIpc) is 2.95. The fourth-order valence-corrected chi connectivity index (χ4v) is 3.23. The van der Waals surface area contributed by atoms with E-state index in [4.69, 9.17) is 0 Å². The van der Waals surface area contributed by atoms with Gasteiger partial charge in [0.2, 0.25) is 5.16 Å². The molecule has 2 heterocycles. The van der Waals surface area contributed by atoms with Crippen molar-refractivity contribution >= 4 is 11.8 Å². The van der Waals surface area contributed by atoms with Crippen molar-refractivity contribution in [2.75, 3.05) is 12.3 Å². The summed E-state index contributed by atoms with van der Waals surface area (Å²) in [7, 11) is 0. The summed E-state index contributed by atoms with van der Waals surface area (Å²) in [5, 5.41) is 16.4. The minimum atomic E-state index is 0.583. The summed E-state index contributed by atoms with van der Waals surface area (Å²) in [6, 6.07) is 10.6. The molecule has 1 saturated heterocycles. The summed E-state index contributed by atoms with van der Waals surface area (Å²) in [5.74, 6) is 1.02. The number of nitrogens with zero attached hydrogens (tertiary/aromatic N) is 4. The molecule has 0 bridgehead atoms. The van der Waals surface area contributed by atoms with Crippen LogP contribution < -0.4 is 5.32 Å². The molecule has 0 spiro atoms. The van der Waals surface area contributed by atoms with Crippen LogP contribution in [0.2, 0.25) is 0 Å². The van der Waals surface area contributed by atoms with Crippen LogP contribution in [-0.4, -0.2) is 38.5 Å². The minimum Gasteiger partial charge on any atom is -0.313 e. The van der Waals surface area contributed by atoms with Gasteiger partial charge in [-0.25, -0.2) is 0 Å². The van der Waals surface area contributed by atoms with Gasteiger partial charge >= 0.3 is 0 Å². The van der Waals surface area contributed by atoms with E-state index < -0.39 is 0 Å². The summed E-state index contributed by atoms with van der Waals surface area (Å²) < 4.78 is 1.80. The number of para-hydroxylation sites is 1. The van der Waals surface area contributed by atoms with Crippen molar-refractivity contribution in [3.8, 4) is 5.69 Å². The third kappa shape index (κ3) is 3.13. The average molecular weight is 275 g/mol. The van der Waals surface area contributed by atoms with Crippen molar-refractivity contribution in [3.05, 3.63) is 30.3 Å². The van der Waals surface area contributed by atoms with Crippen molar-refractivity contribution in [1.82, 2.24) is 25.5 Å². The van der Waals surface area contributed by atoms with Crippen LogP contribution in [-0.2, 0) is 0 Å². The number of thioether (sulfide) groups is 1.